The number of anilines is 2. The number of methoxy groups -OCH3 is 1. The lowest BCUT2D eigenvalue weighted by Gasteiger charge is -2.11. The molecule has 6 nitrogen and oxygen atoms in total. The average Bonchev–Trinajstić information content (AvgIpc) is 2.53. The summed E-state index contributed by atoms with van der Waals surface area (Å²) in [5, 5.41) is 5.90. The van der Waals surface area contributed by atoms with Gasteiger partial charge >= 0.3 is 0 Å². The van der Waals surface area contributed by atoms with Crippen molar-refractivity contribution in [3.05, 3.63) is 41.9 Å². The van der Waals surface area contributed by atoms with E-state index in [2.05, 4.69) is 27.5 Å². The van der Waals surface area contributed by atoms with Crippen LogP contribution in [0.15, 0.2) is 30.6 Å². The van der Waals surface area contributed by atoms with Gasteiger partial charge in [0.1, 0.15) is 17.3 Å². The van der Waals surface area contributed by atoms with Gasteiger partial charge in [-0.15, -0.1) is 0 Å². The highest BCUT2D eigenvalue weighted by atomic mass is 16.5. The van der Waals surface area contributed by atoms with Gasteiger partial charge in [0.25, 0.3) is 5.91 Å². The summed E-state index contributed by atoms with van der Waals surface area (Å²) in [5.41, 5.74) is 1.90. The van der Waals surface area contributed by atoms with Crippen LogP contribution in [-0.2, 0) is 0 Å². The number of benzene rings is 1. The van der Waals surface area contributed by atoms with Crippen LogP contribution in [-0.4, -0.2) is 29.5 Å². The molecule has 0 saturated carbocycles. The Morgan fingerprint density at radius 2 is 2.09 bits per heavy atom. The minimum atomic E-state index is -0.321. The summed E-state index contributed by atoms with van der Waals surface area (Å²) in [6, 6.07) is 5.58. The summed E-state index contributed by atoms with van der Waals surface area (Å²) < 4.78 is 5.24. The molecule has 116 valence electrons. The molecule has 1 amide bonds. The number of carbonyl (C=O) groups excluding carboxylic acids is 1. The lowest BCUT2D eigenvalue weighted by Crippen LogP contribution is -2.15. The van der Waals surface area contributed by atoms with E-state index in [0.717, 1.165) is 18.5 Å². The van der Waals surface area contributed by atoms with Gasteiger partial charge in [0, 0.05) is 6.54 Å². The van der Waals surface area contributed by atoms with Gasteiger partial charge in [-0.05, 0) is 31.0 Å². The summed E-state index contributed by atoms with van der Waals surface area (Å²) in [4.78, 5) is 20.5. The molecule has 6 heteroatoms. The Hall–Kier alpha value is -2.63. The van der Waals surface area contributed by atoms with Gasteiger partial charge in [-0.3, -0.25) is 4.79 Å². The molecule has 2 aromatic rings. The van der Waals surface area contributed by atoms with Gasteiger partial charge in [-0.25, -0.2) is 9.97 Å². The Morgan fingerprint density at radius 3 is 2.73 bits per heavy atom. The van der Waals surface area contributed by atoms with Crippen LogP contribution < -0.4 is 15.4 Å². The summed E-state index contributed by atoms with van der Waals surface area (Å²) in [6.45, 7) is 4.83. The van der Waals surface area contributed by atoms with Crippen molar-refractivity contribution in [3.63, 3.8) is 0 Å². The van der Waals surface area contributed by atoms with Crippen LogP contribution in [0, 0.1) is 6.92 Å². The molecule has 0 aliphatic heterocycles. The highest BCUT2D eigenvalue weighted by Crippen LogP contribution is 2.25. The van der Waals surface area contributed by atoms with Gasteiger partial charge in [-0.2, -0.15) is 0 Å². The molecule has 0 saturated heterocycles. The van der Waals surface area contributed by atoms with Gasteiger partial charge in [0.2, 0.25) is 0 Å². The molecule has 0 fully saturated rings. The SMILES string of the molecule is CCCNc1cnc(C(=O)Nc2cc(C)ccc2OC)cn1. The van der Waals surface area contributed by atoms with Crippen molar-refractivity contribution in [2.45, 2.75) is 20.3 Å². The van der Waals surface area contributed by atoms with Gasteiger partial charge in [0.05, 0.1) is 25.2 Å². The monoisotopic (exact) mass is 300 g/mol. The van der Waals surface area contributed by atoms with Crippen LogP contribution in [0.25, 0.3) is 0 Å². The van der Waals surface area contributed by atoms with Crippen LogP contribution in [0.4, 0.5) is 11.5 Å². The second-order valence-electron chi connectivity index (χ2n) is 4.87. The molecule has 0 bridgehead atoms. The first-order chi connectivity index (χ1) is 10.6. The van der Waals surface area contributed by atoms with E-state index in [-0.39, 0.29) is 11.6 Å². The number of hydrogen-bond donors (Lipinski definition) is 2. The molecular weight excluding hydrogens is 280 g/mol. The van der Waals surface area contributed by atoms with Crippen LogP contribution in [0.5, 0.6) is 5.75 Å². The predicted molar refractivity (Wildman–Crippen MR) is 86.5 cm³/mol. The summed E-state index contributed by atoms with van der Waals surface area (Å²) in [5.74, 6) is 0.943. The van der Waals surface area contributed by atoms with E-state index in [1.54, 1.807) is 13.3 Å². The fraction of sp³-hybridized carbons (Fsp3) is 0.312. The normalized spacial score (nSPS) is 10.1. The Morgan fingerprint density at radius 1 is 1.27 bits per heavy atom. The van der Waals surface area contributed by atoms with Crippen molar-refractivity contribution in [2.75, 3.05) is 24.3 Å². The number of nitrogens with zero attached hydrogens (tertiary/aromatic N) is 2. The third-order valence-corrected chi connectivity index (χ3v) is 3.04. The zero-order chi connectivity index (χ0) is 15.9. The summed E-state index contributed by atoms with van der Waals surface area (Å²) in [7, 11) is 1.56. The van der Waals surface area contributed by atoms with E-state index in [0.29, 0.717) is 17.3 Å². The molecule has 0 unspecified atom stereocenters. The molecule has 22 heavy (non-hydrogen) atoms. The molecule has 1 aromatic heterocycles. The predicted octanol–water partition coefficient (Wildman–Crippen LogP) is 2.87. The second kappa shape index (κ2) is 7.40. The van der Waals surface area contributed by atoms with Gasteiger partial charge in [-0.1, -0.05) is 13.0 Å². The average molecular weight is 300 g/mol. The molecule has 0 aliphatic rings. The third kappa shape index (κ3) is 3.94. The lowest BCUT2D eigenvalue weighted by atomic mass is 10.2. The Kier molecular flexibility index (Phi) is 5.30. The van der Waals surface area contributed by atoms with Crippen molar-refractivity contribution in [3.8, 4) is 5.75 Å². The second-order valence-corrected chi connectivity index (χ2v) is 4.87. The first-order valence-corrected chi connectivity index (χ1v) is 7.16. The van der Waals surface area contributed by atoms with Gasteiger partial charge < -0.3 is 15.4 Å². The Labute approximate surface area is 129 Å². The van der Waals surface area contributed by atoms with Crippen LogP contribution >= 0.6 is 0 Å². The number of nitrogens with one attached hydrogen (secondary N) is 2. The maximum absolute atomic E-state index is 12.2. The Bertz CT molecular complexity index is 641. The van der Waals surface area contributed by atoms with Crippen LogP contribution in [0.3, 0.4) is 0 Å². The zero-order valence-electron chi connectivity index (χ0n) is 13.0. The molecule has 0 radical (unpaired) electrons. The molecule has 1 heterocycles. The van der Waals surface area contributed by atoms with E-state index < -0.39 is 0 Å². The van der Waals surface area contributed by atoms with E-state index in [1.807, 2.05) is 25.1 Å². The highest BCUT2D eigenvalue weighted by Gasteiger charge is 2.11. The largest absolute Gasteiger partial charge is 0.495 e. The zero-order valence-corrected chi connectivity index (χ0v) is 13.0. The number of rotatable bonds is 6. The molecule has 0 spiro atoms. The summed E-state index contributed by atoms with van der Waals surface area (Å²) in [6.07, 6.45) is 4.00. The summed E-state index contributed by atoms with van der Waals surface area (Å²) >= 11 is 0. The van der Waals surface area contributed by atoms with Crippen molar-refractivity contribution < 1.29 is 9.53 Å². The van der Waals surface area contributed by atoms with Crippen molar-refractivity contribution >= 4 is 17.4 Å². The number of hydrogen-bond acceptors (Lipinski definition) is 5. The topological polar surface area (TPSA) is 76.1 Å². The maximum Gasteiger partial charge on any atom is 0.275 e. The van der Waals surface area contributed by atoms with E-state index in [1.165, 1.54) is 6.20 Å². The molecule has 0 atom stereocenters. The van der Waals surface area contributed by atoms with Crippen molar-refractivity contribution in [2.24, 2.45) is 0 Å². The number of carbonyl (C=O) groups is 1. The molecule has 2 N–H and O–H groups in total. The first-order valence-electron chi connectivity index (χ1n) is 7.16. The molecule has 1 aromatic carbocycles. The third-order valence-electron chi connectivity index (χ3n) is 3.04. The fourth-order valence-corrected chi connectivity index (χ4v) is 1.90. The van der Waals surface area contributed by atoms with Crippen LogP contribution in [0.1, 0.15) is 29.4 Å². The minimum absolute atomic E-state index is 0.255. The molecular formula is C16H20N4O2. The number of aryl methyl sites for hydroxylation is 1. The number of ether oxygens (including phenoxy) is 1. The van der Waals surface area contributed by atoms with Crippen molar-refractivity contribution in [1.82, 2.24) is 9.97 Å². The fourth-order valence-electron chi connectivity index (χ4n) is 1.90. The highest BCUT2D eigenvalue weighted by molar-refractivity contribution is 6.03. The van der Waals surface area contributed by atoms with E-state index in [9.17, 15) is 4.79 Å². The Balaban J connectivity index is 2.10. The quantitative estimate of drug-likeness (QED) is 0.858. The van der Waals surface area contributed by atoms with Crippen LogP contribution in [0.2, 0.25) is 0 Å². The minimum Gasteiger partial charge on any atom is -0.495 e. The van der Waals surface area contributed by atoms with Gasteiger partial charge in [0.15, 0.2) is 0 Å². The maximum atomic E-state index is 12.2. The molecule has 0 aliphatic carbocycles. The molecule has 2 rings (SSSR count). The van der Waals surface area contributed by atoms with E-state index >= 15 is 0 Å². The first kappa shape index (κ1) is 15.8. The number of amides is 1. The lowest BCUT2D eigenvalue weighted by molar-refractivity contribution is 0.102. The van der Waals surface area contributed by atoms with E-state index in [4.69, 9.17) is 4.74 Å². The number of aromatic nitrogens is 2. The van der Waals surface area contributed by atoms with Crippen molar-refractivity contribution in [1.29, 1.82) is 0 Å². The standard InChI is InChI=1S/C16H20N4O2/c1-4-7-17-15-10-18-13(9-19-15)16(21)20-12-8-11(2)5-6-14(12)22-3/h5-6,8-10H,4,7H2,1-3H3,(H,17,19)(H,20,21). The smallest absolute Gasteiger partial charge is 0.275 e.